The summed E-state index contributed by atoms with van der Waals surface area (Å²) in [7, 11) is 1.28. The fraction of sp³-hybridized carbons (Fsp3) is 0.100. The van der Waals surface area contributed by atoms with Gasteiger partial charge >= 0.3 is 0 Å². The number of carbonyl (C=O) groups excluding carboxylic acids is 1. The van der Waals surface area contributed by atoms with Gasteiger partial charge in [0.1, 0.15) is 18.2 Å². The van der Waals surface area contributed by atoms with Crippen LogP contribution in [0.4, 0.5) is 11.4 Å². The molecule has 0 bridgehead atoms. The van der Waals surface area contributed by atoms with Crippen LogP contribution in [0.15, 0.2) is 54.6 Å². The van der Waals surface area contributed by atoms with Crippen LogP contribution >= 0.6 is 0 Å². The molecule has 0 saturated heterocycles. The quantitative estimate of drug-likeness (QED) is 0.151. The van der Waals surface area contributed by atoms with Crippen molar-refractivity contribution in [2.45, 2.75) is 0 Å². The molecule has 0 aliphatic heterocycles. The first-order chi connectivity index (χ1) is 14.3. The molecule has 30 heavy (non-hydrogen) atoms. The van der Waals surface area contributed by atoms with Crippen molar-refractivity contribution in [3.63, 3.8) is 0 Å². The van der Waals surface area contributed by atoms with Gasteiger partial charge in [-0.05, 0) is 6.08 Å². The van der Waals surface area contributed by atoms with Crippen molar-refractivity contribution in [1.82, 2.24) is 0 Å². The smallest absolute Gasteiger partial charge is 0.274 e. The molecule has 0 heterocycles. The monoisotopic (exact) mass is 409 g/mol. The molecule has 0 aliphatic carbocycles. The third kappa shape index (κ3) is 4.85. The Morgan fingerprint density at radius 3 is 2.47 bits per heavy atom. The largest absolute Gasteiger partial charge is 0.493 e. The summed E-state index contributed by atoms with van der Waals surface area (Å²) in [6.45, 7) is 3.56. The van der Waals surface area contributed by atoms with Gasteiger partial charge in [0, 0.05) is 29.3 Å². The van der Waals surface area contributed by atoms with Crippen LogP contribution in [0.2, 0.25) is 0 Å². The minimum atomic E-state index is -0.790. The third-order valence-corrected chi connectivity index (χ3v) is 3.83. The van der Waals surface area contributed by atoms with Crippen LogP contribution in [0, 0.1) is 31.6 Å². The minimum absolute atomic E-state index is 0.0254. The van der Waals surface area contributed by atoms with Gasteiger partial charge in [0.15, 0.2) is 11.5 Å². The lowest BCUT2D eigenvalue weighted by molar-refractivity contribution is -0.385. The Kier molecular flexibility index (Phi) is 6.97. The van der Waals surface area contributed by atoms with E-state index in [2.05, 4.69) is 6.58 Å². The number of hydrogen-bond acceptors (Lipinski definition) is 8. The van der Waals surface area contributed by atoms with Gasteiger partial charge in [0.2, 0.25) is 5.78 Å². The second-order valence-electron chi connectivity index (χ2n) is 5.73. The van der Waals surface area contributed by atoms with E-state index < -0.39 is 21.2 Å². The number of benzene rings is 2. The van der Waals surface area contributed by atoms with Crippen LogP contribution in [0.3, 0.4) is 0 Å². The highest BCUT2D eigenvalue weighted by molar-refractivity contribution is 6.14. The van der Waals surface area contributed by atoms with Gasteiger partial charge in [0.05, 0.1) is 23.0 Å². The Balaban J connectivity index is 2.63. The summed E-state index contributed by atoms with van der Waals surface area (Å²) >= 11 is 0. The first kappa shape index (κ1) is 21.8. The number of nitro benzene ring substituents is 2. The SMILES string of the molecule is C=CCOc1c(/C=C(/C#N)C(=O)c2cccc([N+](=O)[O-])c2)cc([N+](=O)[O-])cc1OC. The number of rotatable bonds is 9. The number of hydrogen-bond donors (Lipinski definition) is 0. The topological polar surface area (TPSA) is 146 Å². The molecule has 0 atom stereocenters. The first-order valence-corrected chi connectivity index (χ1v) is 8.33. The van der Waals surface area contributed by atoms with Gasteiger partial charge < -0.3 is 9.47 Å². The summed E-state index contributed by atoms with van der Waals surface area (Å²) in [6, 6.07) is 8.87. The molecule has 0 fully saturated rings. The van der Waals surface area contributed by atoms with Crippen molar-refractivity contribution < 1.29 is 24.1 Å². The standard InChI is InChI=1S/C20H15N3O7/c1-3-7-30-20-14(10-17(23(27)28)11-18(20)29-2)8-15(12-21)19(24)13-5-4-6-16(9-13)22(25)26/h3-6,8-11H,1,7H2,2H3/b15-8-. The normalized spacial score (nSPS) is 10.6. The summed E-state index contributed by atoms with van der Waals surface area (Å²) in [5.41, 5.74) is -1.09. The van der Waals surface area contributed by atoms with Crippen molar-refractivity contribution >= 4 is 23.2 Å². The highest BCUT2D eigenvalue weighted by Crippen LogP contribution is 2.37. The Hall–Kier alpha value is -4.52. The second kappa shape index (κ2) is 9.61. The molecular formula is C20H15N3O7. The first-order valence-electron chi connectivity index (χ1n) is 8.33. The fourth-order valence-electron chi connectivity index (χ4n) is 2.49. The van der Waals surface area contributed by atoms with Crippen LogP contribution in [0.5, 0.6) is 11.5 Å². The molecule has 0 amide bonds. The molecule has 10 heteroatoms. The van der Waals surface area contributed by atoms with Gasteiger partial charge in [0.25, 0.3) is 11.4 Å². The molecule has 0 spiro atoms. The van der Waals surface area contributed by atoms with Gasteiger partial charge in [-0.25, -0.2) is 0 Å². The van der Waals surface area contributed by atoms with Gasteiger partial charge in [-0.3, -0.25) is 25.0 Å². The van der Waals surface area contributed by atoms with E-state index in [1.807, 2.05) is 0 Å². The molecule has 2 aromatic rings. The highest BCUT2D eigenvalue weighted by atomic mass is 16.6. The van der Waals surface area contributed by atoms with E-state index >= 15 is 0 Å². The predicted molar refractivity (Wildman–Crippen MR) is 106 cm³/mol. The van der Waals surface area contributed by atoms with Crippen molar-refractivity contribution in [3.8, 4) is 17.6 Å². The summed E-state index contributed by atoms with van der Waals surface area (Å²) in [6.07, 6.45) is 2.54. The molecule has 0 radical (unpaired) electrons. The zero-order valence-corrected chi connectivity index (χ0v) is 15.7. The van der Waals surface area contributed by atoms with Gasteiger partial charge in [-0.2, -0.15) is 5.26 Å². The van der Waals surface area contributed by atoms with E-state index in [9.17, 15) is 30.3 Å². The van der Waals surface area contributed by atoms with Crippen LogP contribution in [-0.2, 0) is 0 Å². The minimum Gasteiger partial charge on any atom is -0.493 e. The summed E-state index contributed by atoms with van der Waals surface area (Å²) in [5.74, 6) is -0.693. The lowest BCUT2D eigenvalue weighted by Crippen LogP contribution is -2.04. The molecule has 0 unspecified atom stereocenters. The van der Waals surface area contributed by atoms with Crippen molar-refractivity contribution in [3.05, 3.63) is 86.0 Å². The Bertz CT molecular complexity index is 1100. The maximum Gasteiger partial charge on any atom is 0.274 e. The van der Waals surface area contributed by atoms with Crippen LogP contribution in [0.1, 0.15) is 15.9 Å². The highest BCUT2D eigenvalue weighted by Gasteiger charge is 2.21. The molecule has 0 aromatic heterocycles. The average Bonchev–Trinajstić information content (AvgIpc) is 2.75. The number of ether oxygens (including phenoxy) is 2. The van der Waals surface area contributed by atoms with Crippen LogP contribution < -0.4 is 9.47 Å². The molecule has 0 N–H and O–H groups in total. The number of non-ortho nitro benzene ring substituents is 2. The van der Waals surface area contributed by atoms with Crippen LogP contribution in [-0.4, -0.2) is 29.3 Å². The average molecular weight is 409 g/mol. The molecule has 0 saturated carbocycles. The maximum absolute atomic E-state index is 12.7. The van der Waals surface area contributed by atoms with Crippen molar-refractivity contribution in [2.75, 3.05) is 13.7 Å². The van der Waals surface area contributed by atoms with Crippen molar-refractivity contribution in [2.24, 2.45) is 0 Å². The van der Waals surface area contributed by atoms with Gasteiger partial charge in [-0.1, -0.05) is 24.8 Å². The number of ketones is 1. The number of nitro groups is 2. The Morgan fingerprint density at radius 1 is 1.20 bits per heavy atom. The lowest BCUT2D eigenvalue weighted by atomic mass is 10.0. The van der Waals surface area contributed by atoms with E-state index in [4.69, 9.17) is 9.47 Å². The Morgan fingerprint density at radius 2 is 1.90 bits per heavy atom. The van der Waals surface area contributed by atoms with E-state index in [0.717, 1.165) is 24.3 Å². The molecular weight excluding hydrogens is 394 g/mol. The maximum atomic E-state index is 12.7. The molecule has 152 valence electrons. The molecule has 10 nitrogen and oxygen atoms in total. The molecule has 2 rings (SSSR count). The van der Waals surface area contributed by atoms with Gasteiger partial charge in [-0.15, -0.1) is 0 Å². The number of Topliss-reactive ketones (excluding diaryl/α,β-unsaturated/α-hetero) is 1. The number of carbonyl (C=O) groups is 1. The van der Waals surface area contributed by atoms with Crippen LogP contribution in [0.25, 0.3) is 6.08 Å². The van der Waals surface area contributed by atoms with E-state index in [-0.39, 0.29) is 40.6 Å². The number of allylic oxidation sites excluding steroid dienone is 1. The number of nitrogens with zero attached hydrogens (tertiary/aromatic N) is 3. The van der Waals surface area contributed by atoms with E-state index in [1.54, 1.807) is 6.07 Å². The molecule has 2 aromatic carbocycles. The molecule has 0 aliphatic rings. The Labute approximate surface area is 170 Å². The summed E-state index contributed by atoms with van der Waals surface area (Å²) in [5, 5.41) is 31.6. The fourth-order valence-corrected chi connectivity index (χ4v) is 2.49. The predicted octanol–water partition coefficient (Wildman–Crippen LogP) is 3.87. The number of nitriles is 1. The summed E-state index contributed by atoms with van der Waals surface area (Å²) < 4.78 is 10.6. The lowest BCUT2D eigenvalue weighted by Gasteiger charge is -2.12. The van der Waals surface area contributed by atoms with E-state index in [0.29, 0.717) is 0 Å². The second-order valence-corrected chi connectivity index (χ2v) is 5.73. The number of methoxy groups -OCH3 is 1. The zero-order chi connectivity index (χ0) is 22.3. The summed E-state index contributed by atoms with van der Waals surface area (Å²) in [4.78, 5) is 33.6. The zero-order valence-electron chi connectivity index (χ0n) is 15.7. The van der Waals surface area contributed by atoms with Crippen molar-refractivity contribution in [1.29, 1.82) is 5.26 Å². The van der Waals surface area contributed by atoms with E-state index in [1.165, 1.54) is 31.4 Å². The third-order valence-electron chi connectivity index (χ3n) is 3.83.